The van der Waals surface area contributed by atoms with E-state index in [0.717, 1.165) is 18.6 Å². The molecule has 1 heterocycles. The summed E-state index contributed by atoms with van der Waals surface area (Å²) in [5, 5.41) is 3.73. The molecule has 2 fully saturated rings. The van der Waals surface area contributed by atoms with Gasteiger partial charge in [0.05, 0.1) is 0 Å². The number of nitrogens with one attached hydrogen (secondary N) is 1. The van der Waals surface area contributed by atoms with Crippen molar-refractivity contribution in [3.63, 3.8) is 0 Å². The number of likely N-dealkylation sites (N-methyl/N-ethyl adjacent to an activating group) is 1. The summed E-state index contributed by atoms with van der Waals surface area (Å²) >= 11 is 0. The van der Waals surface area contributed by atoms with Gasteiger partial charge >= 0.3 is 0 Å². The van der Waals surface area contributed by atoms with E-state index in [-0.39, 0.29) is 0 Å². The van der Waals surface area contributed by atoms with Gasteiger partial charge in [-0.05, 0) is 46.8 Å². The first-order valence-electron chi connectivity index (χ1n) is 7.80. The SMILES string of the molecule is CC1CCNC(CN(C)C)CN1C1CCCCC1. The molecule has 0 aromatic heterocycles. The van der Waals surface area contributed by atoms with Crippen LogP contribution in [0.5, 0.6) is 0 Å². The Morgan fingerprint density at radius 2 is 1.83 bits per heavy atom. The van der Waals surface area contributed by atoms with Crippen LogP contribution in [0.25, 0.3) is 0 Å². The van der Waals surface area contributed by atoms with Crippen molar-refractivity contribution in [1.82, 2.24) is 15.1 Å². The Hall–Kier alpha value is -0.120. The molecule has 0 radical (unpaired) electrons. The molecule has 1 saturated carbocycles. The monoisotopic (exact) mass is 253 g/mol. The summed E-state index contributed by atoms with van der Waals surface area (Å²) in [5.41, 5.74) is 0. The molecule has 3 nitrogen and oxygen atoms in total. The molecule has 2 atom stereocenters. The van der Waals surface area contributed by atoms with Crippen molar-refractivity contribution in [2.75, 3.05) is 33.7 Å². The average molecular weight is 253 g/mol. The first-order chi connectivity index (χ1) is 8.66. The van der Waals surface area contributed by atoms with E-state index in [1.54, 1.807) is 0 Å². The third kappa shape index (κ3) is 3.94. The molecule has 0 amide bonds. The maximum Gasteiger partial charge on any atom is 0.0322 e. The fourth-order valence-corrected chi connectivity index (χ4v) is 3.65. The zero-order valence-corrected chi connectivity index (χ0v) is 12.5. The summed E-state index contributed by atoms with van der Waals surface area (Å²) in [6, 6.07) is 2.26. The number of nitrogens with zero attached hydrogens (tertiary/aromatic N) is 2. The second kappa shape index (κ2) is 6.88. The molecule has 1 aliphatic heterocycles. The molecule has 106 valence electrons. The van der Waals surface area contributed by atoms with Gasteiger partial charge < -0.3 is 10.2 Å². The van der Waals surface area contributed by atoms with Gasteiger partial charge in [0.25, 0.3) is 0 Å². The topological polar surface area (TPSA) is 18.5 Å². The summed E-state index contributed by atoms with van der Waals surface area (Å²) in [6.45, 7) is 6.01. The minimum absolute atomic E-state index is 0.645. The highest BCUT2D eigenvalue weighted by atomic mass is 15.2. The van der Waals surface area contributed by atoms with Crippen LogP contribution in [0.2, 0.25) is 0 Å². The first kappa shape index (κ1) is 14.3. The van der Waals surface area contributed by atoms with Crippen LogP contribution in [0, 0.1) is 0 Å². The molecule has 18 heavy (non-hydrogen) atoms. The molecule has 1 aliphatic carbocycles. The van der Waals surface area contributed by atoms with E-state index in [1.165, 1.54) is 51.6 Å². The highest BCUT2D eigenvalue weighted by Gasteiger charge is 2.29. The Balaban J connectivity index is 1.95. The first-order valence-corrected chi connectivity index (χ1v) is 7.80. The van der Waals surface area contributed by atoms with Gasteiger partial charge in [0.15, 0.2) is 0 Å². The van der Waals surface area contributed by atoms with Crippen LogP contribution in [0.15, 0.2) is 0 Å². The van der Waals surface area contributed by atoms with Crippen LogP contribution in [-0.4, -0.2) is 61.7 Å². The Morgan fingerprint density at radius 1 is 1.11 bits per heavy atom. The number of rotatable bonds is 3. The Morgan fingerprint density at radius 3 is 2.50 bits per heavy atom. The summed E-state index contributed by atoms with van der Waals surface area (Å²) in [4.78, 5) is 5.13. The highest BCUT2D eigenvalue weighted by Crippen LogP contribution is 2.26. The third-order valence-corrected chi connectivity index (χ3v) is 4.62. The molecule has 0 spiro atoms. The van der Waals surface area contributed by atoms with Crippen molar-refractivity contribution in [3.8, 4) is 0 Å². The lowest BCUT2D eigenvalue weighted by Crippen LogP contribution is -2.49. The molecule has 0 bridgehead atoms. The summed E-state index contributed by atoms with van der Waals surface area (Å²) in [6.07, 6.45) is 8.51. The largest absolute Gasteiger partial charge is 0.311 e. The Bertz CT molecular complexity index is 236. The van der Waals surface area contributed by atoms with Gasteiger partial charge in [-0.2, -0.15) is 0 Å². The Kier molecular flexibility index (Phi) is 5.46. The minimum atomic E-state index is 0.645. The van der Waals surface area contributed by atoms with E-state index in [9.17, 15) is 0 Å². The maximum atomic E-state index is 3.73. The van der Waals surface area contributed by atoms with E-state index in [4.69, 9.17) is 0 Å². The summed E-state index contributed by atoms with van der Waals surface area (Å²) in [7, 11) is 4.36. The predicted molar refractivity (Wildman–Crippen MR) is 78.0 cm³/mol. The molecule has 3 heteroatoms. The van der Waals surface area contributed by atoms with Gasteiger partial charge in [0.1, 0.15) is 0 Å². The molecular formula is C15H31N3. The summed E-state index contributed by atoms with van der Waals surface area (Å²) < 4.78 is 0. The van der Waals surface area contributed by atoms with Crippen LogP contribution in [0.4, 0.5) is 0 Å². The number of hydrogen-bond acceptors (Lipinski definition) is 3. The summed E-state index contributed by atoms with van der Waals surface area (Å²) in [5.74, 6) is 0. The van der Waals surface area contributed by atoms with Crippen molar-refractivity contribution in [2.45, 2.75) is 63.6 Å². The van der Waals surface area contributed by atoms with Gasteiger partial charge in [-0.1, -0.05) is 19.3 Å². The van der Waals surface area contributed by atoms with Crippen LogP contribution >= 0.6 is 0 Å². The molecule has 2 rings (SSSR count). The lowest BCUT2D eigenvalue weighted by molar-refractivity contribution is 0.106. The third-order valence-electron chi connectivity index (χ3n) is 4.62. The lowest BCUT2D eigenvalue weighted by Gasteiger charge is -2.39. The second-order valence-corrected chi connectivity index (χ2v) is 6.54. The van der Waals surface area contributed by atoms with Crippen LogP contribution in [0.3, 0.4) is 0 Å². The van der Waals surface area contributed by atoms with Gasteiger partial charge in [-0.15, -0.1) is 0 Å². The predicted octanol–water partition coefficient (Wildman–Crippen LogP) is 1.93. The van der Waals surface area contributed by atoms with Gasteiger partial charge in [-0.3, -0.25) is 4.90 Å². The number of hydrogen-bond donors (Lipinski definition) is 1. The van der Waals surface area contributed by atoms with Crippen molar-refractivity contribution in [1.29, 1.82) is 0 Å². The van der Waals surface area contributed by atoms with Gasteiger partial charge in [-0.25, -0.2) is 0 Å². The zero-order chi connectivity index (χ0) is 13.0. The maximum absolute atomic E-state index is 3.73. The lowest BCUT2D eigenvalue weighted by atomic mass is 9.92. The quantitative estimate of drug-likeness (QED) is 0.829. The van der Waals surface area contributed by atoms with Crippen LogP contribution in [0.1, 0.15) is 45.4 Å². The fraction of sp³-hybridized carbons (Fsp3) is 1.00. The smallest absolute Gasteiger partial charge is 0.0322 e. The molecule has 2 aliphatic rings. The van der Waals surface area contributed by atoms with Gasteiger partial charge in [0, 0.05) is 31.2 Å². The highest BCUT2D eigenvalue weighted by molar-refractivity contribution is 4.87. The fourth-order valence-electron chi connectivity index (χ4n) is 3.65. The van der Waals surface area contributed by atoms with Crippen LogP contribution in [-0.2, 0) is 0 Å². The molecule has 2 unspecified atom stereocenters. The molecule has 0 aromatic carbocycles. The van der Waals surface area contributed by atoms with Crippen LogP contribution < -0.4 is 5.32 Å². The molecule has 1 N–H and O–H groups in total. The van der Waals surface area contributed by atoms with Gasteiger partial charge in [0.2, 0.25) is 0 Å². The second-order valence-electron chi connectivity index (χ2n) is 6.54. The van der Waals surface area contributed by atoms with Crippen molar-refractivity contribution < 1.29 is 0 Å². The van der Waals surface area contributed by atoms with E-state index >= 15 is 0 Å². The van der Waals surface area contributed by atoms with Crippen molar-refractivity contribution in [2.24, 2.45) is 0 Å². The van der Waals surface area contributed by atoms with Crippen molar-refractivity contribution >= 4 is 0 Å². The zero-order valence-electron chi connectivity index (χ0n) is 12.5. The van der Waals surface area contributed by atoms with E-state index in [2.05, 4.69) is 36.1 Å². The molecule has 1 saturated heterocycles. The Labute approximate surface area is 113 Å². The normalized spacial score (nSPS) is 32.7. The standard InChI is InChI=1S/C15H31N3/c1-13-9-10-16-14(11-17(2)3)12-18(13)15-7-5-4-6-8-15/h13-16H,4-12H2,1-3H3. The molecule has 0 aromatic rings. The van der Waals surface area contributed by atoms with Crippen molar-refractivity contribution in [3.05, 3.63) is 0 Å². The van der Waals surface area contributed by atoms with E-state index < -0.39 is 0 Å². The average Bonchev–Trinajstić information content (AvgIpc) is 2.52. The van der Waals surface area contributed by atoms with E-state index in [0.29, 0.717) is 6.04 Å². The minimum Gasteiger partial charge on any atom is -0.311 e. The molecular weight excluding hydrogens is 222 g/mol. The van der Waals surface area contributed by atoms with E-state index in [1.807, 2.05) is 0 Å².